The van der Waals surface area contributed by atoms with Crippen molar-refractivity contribution in [3.8, 4) is 11.8 Å². The molecule has 228 valence electrons. The molecular weight excluding hydrogens is 542 g/mol. The summed E-state index contributed by atoms with van der Waals surface area (Å²) in [4.78, 5) is 51.5. The number of carboxylic acid groups (broad SMARTS) is 1. The van der Waals surface area contributed by atoms with E-state index in [1.165, 1.54) is 0 Å². The number of amides is 1. The molecule has 1 aromatic carbocycles. The molecule has 1 aliphatic heterocycles. The number of nitrogen functional groups attached to an aromatic ring is 1. The third-order valence-corrected chi connectivity index (χ3v) is 7.56. The van der Waals surface area contributed by atoms with Crippen LogP contribution in [0.15, 0.2) is 29.1 Å². The molecule has 0 spiro atoms. The molecule has 1 fully saturated rings. The minimum atomic E-state index is -0.894. The van der Waals surface area contributed by atoms with Crippen molar-refractivity contribution in [2.24, 2.45) is 5.92 Å². The number of hydrogen-bond donors (Lipinski definition) is 3. The van der Waals surface area contributed by atoms with E-state index in [1.807, 2.05) is 0 Å². The number of aliphatic carboxylic acids is 1. The van der Waals surface area contributed by atoms with Gasteiger partial charge in [0.2, 0.25) is 5.91 Å². The molecule has 13 nitrogen and oxygen atoms in total. The largest absolute Gasteiger partial charge is 0.492 e. The highest BCUT2D eigenvalue weighted by molar-refractivity contribution is 5.81. The van der Waals surface area contributed by atoms with Gasteiger partial charge in [-0.05, 0) is 62.4 Å². The zero-order valence-corrected chi connectivity index (χ0v) is 24.4. The molecule has 0 unspecified atom stereocenters. The van der Waals surface area contributed by atoms with Crippen LogP contribution < -0.4 is 20.9 Å². The van der Waals surface area contributed by atoms with Crippen molar-refractivity contribution in [3.63, 3.8) is 0 Å². The molecule has 0 aliphatic carbocycles. The van der Waals surface area contributed by atoms with Gasteiger partial charge in [0.05, 0.1) is 26.1 Å². The highest BCUT2D eigenvalue weighted by Crippen LogP contribution is 2.23. The Morgan fingerprint density at radius 1 is 1.19 bits per heavy atom. The highest BCUT2D eigenvalue weighted by atomic mass is 16.5. The second-order valence-corrected chi connectivity index (χ2v) is 10.8. The molecule has 1 aliphatic rings. The topological polar surface area (TPSA) is 169 Å². The Hall–Kier alpha value is -4.13. The molecule has 4 rings (SSSR count). The summed E-state index contributed by atoms with van der Waals surface area (Å²) in [6.07, 6.45) is 4.49. The smallest absolute Gasteiger partial charge is 0.327 e. The standard InChI is InChI=1S/C29H41N7O6/c1-3-4-15-42-28-32-26(30)25-27(33-28)36(29(40)31-25)13-10-20-8-11-35(12-9-20)19-23(37)34(2)14-16-41-22-7-5-6-21(17-22)18-24(38)39/h5-7,17,20H,3-4,8-16,18-19H2,1-2H3,(H,31,40)(H,38,39)(H2,30,32,33). The molecule has 2 aromatic heterocycles. The maximum atomic E-state index is 12.8. The van der Waals surface area contributed by atoms with Gasteiger partial charge in [0.15, 0.2) is 11.5 Å². The van der Waals surface area contributed by atoms with E-state index in [2.05, 4.69) is 26.8 Å². The first-order chi connectivity index (χ1) is 20.2. The van der Waals surface area contributed by atoms with Crippen LogP contribution in [-0.2, 0) is 22.6 Å². The van der Waals surface area contributed by atoms with Crippen LogP contribution in [0.5, 0.6) is 11.8 Å². The van der Waals surface area contributed by atoms with Crippen LogP contribution in [0.4, 0.5) is 5.82 Å². The fourth-order valence-electron chi connectivity index (χ4n) is 5.01. The first-order valence-electron chi connectivity index (χ1n) is 14.5. The number of hydrogen-bond acceptors (Lipinski definition) is 9. The van der Waals surface area contributed by atoms with Gasteiger partial charge in [0.25, 0.3) is 0 Å². The van der Waals surface area contributed by atoms with Crippen molar-refractivity contribution < 1.29 is 24.2 Å². The lowest BCUT2D eigenvalue weighted by atomic mass is 9.93. The fraction of sp³-hybridized carbons (Fsp3) is 0.552. The second-order valence-electron chi connectivity index (χ2n) is 10.8. The second kappa shape index (κ2) is 14.7. The first kappa shape index (κ1) is 30.8. The van der Waals surface area contributed by atoms with Crippen LogP contribution in [0.2, 0.25) is 0 Å². The number of carbonyl (C=O) groups excluding carboxylic acids is 1. The van der Waals surface area contributed by atoms with E-state index in [0.717, 1.165) is 45.2 Å². The Labute approximate surface area is 244 Å². The number of piperidine rings is 1. The van der Waals surface area contributed by atoms with Crippen LogP contribution in [0.3, 0.4) is 0 Å². The van der Waals surface area contributed by atoms with Crippen LogP contribution in [-0.4, -0.2) is 92.7 Å². The summed E-state index contributed by atoms with van der Waals surface area (Å²) >= 11 is 0. The van der Waals surface area contributed by atoms with Crippen molar-refractivity contribution in [3.05, 3.63) is 40.3 Å². The molecule has 3 aromatic rings. The summed E-state index contributed by atoms with van der Waals surface area (Å²) in [5.41, 5.74) is 7.35. The van der Waals surface area contributed by atoms with E-state index in [1.54, 1.807) is 40.8 Å². The predicted molar refractivity (Wildman–Crippen MR) is 158 cm³/mol. The van der Waals surface area contributed by atoms with Gasteiger partial charge in [-0.25, -0.2) is 4.79 Å². The van der Waals surface area contributed by atoms with Gasteiger partial charge in [-0.15, -0.1) is 0 Å². The van der Waals surface area contributed by atoms with Crippen LogP contribution in [0.25, 0.3) is 11.2 Å². The number of benzene rings is 1. The Morgan fingerprint density at radius 2 is 1.98 bits per heavy atom. The molecule has 1 amide bonds. The molecular formula is C29H41N7O6. The van der Waals surface area contributed by atoms with Crippen LogP contribution >= 0.6 is 0 Å². The monoisotopic (exact) mass is 583 g/mol. The number of likely N-dealkylation sites (tertiary alicyclic amines) is 1. The number of nitrogens with one attached hydrogen (secondary N) is 1. The van der Waals surface area contributed by atoms with E-state index >= 15 is 0 Å². The van der Waals surface area contributed by atoms with Gasteiger partial charge in [0.1, 0.15) is 17.9 Å². The number of aromatic nitrogens is 4. The van der Waals surface area contributed by atoms with Crippen molar-refractivity contribution in [2.75, 3.05) is 52.2 Å². The number of H-pyrrole nitrogens is 1. The zero-order valence-electron chi connectivity index (χ0n) is 24.4. The number of nitrogens with zero attached hydrogens (tertiary/aromatic N) is 5. The number of carboxylic acids is 1. The number of anilines is 1. The van der Waals surface area contributed by atoms with E-state index in [9.17, 15) is 14.4 Å². The number of nitrogens with two attached hydrogens (primary N) is 1. The average molecular weight is 584 g/mol. The van der Waals surface area contributed by atoms with Crippen LogP contribution in [0.1, 0.15) is 44.6 Å². The molecule has 0 bridgehead atoms. The third-order valence-electron chi connectivity index (χ3n) is 7.56. The number of imidazole rings is 1. The molecule has 0 radical (unpaired) electrons. The number of carbonyl (C=O) groups is 2. The van der Waals surface area contributed by atoms with Crippen molar-refractivity contribution in [2.45, 2.75) is 52.0 Å². The number of aryl methyl sites for hydroxylation is 1. The molecule has 3 heterocycles. The number of rotatable bonds is 15. The van der Waals surface area contributed by atoms with Crippen LogP contribution in [0, 0.1) is 5.92 Å². The van der Waals surface area contributed by atoms with Crippen molar-refractivity contribution in [1.29, 1.82) is 0 Å². The van der Waals surface area contributed by atoms with Gasteiger partial charge in [0, 0.05) is 13.6 Å². The van der Waals surface area contributed by atoms with Gasteiger partial charge in [-0.3, -0.25) is 19.1 Å². The minimum Gasteiger partial charge on any atom is -0.492 e. The van der Waals surface area contributed by atoms with Gasteiger partial charge in [-0.2, -0.15) is 9.97 Å². The summed E-state index contributed by atoms with van der Waals surface area (Å²) in [5, 5.41) is 8.96. The lowest BCUT2D eigenvalue weighted by molar-refractivity contribution is -0.136. The quantitative estimate of drug-likeness (QED) is 0.225. The Morgan fingerprint density at radius 3 is 2.71 bits per heavy atom. The zero-order chi connectivity index (χ0) is 30.1. The van der Waals surface area contributed by atoms with Gasteiger partial charge in [-0.1, -0.05) is 25.5 Å². The number of ether oxygens (including phenoxy) is 2. The molecule has 0 saturated carbocycles. The van der Waals surface area contributed by atoms with Crippen molar-refractivity contribution >= 4 is 28.9 Å². The summed E-state index contributed by atoms with van der Waals surface area (Å²) < 4.78 is 13.0. The number of likely N-dealkylation sites (N-methyl/N-ethyl adjacent to an activating group) is 1. The number of aromatic amines is 1. The maximum absolute atomic E-state index is 12.8. The maximum Gasteiger partial charge on any atom is 0.327 e. The summed E-state index contributed by atoms with van der Waals surface area (Å²) in [6, 6.07) is 7.16. The van der Waals surface area contributed by atoms with Crippen molar-refractivity contribution in [1.82, 2.24) is 29.3 Å². The number of unbranched alkanes of at least 4 members (excludes halogenated alkanes) is 1. The third kappa shape index (κ3) is 8.44. The Balaban J connectivity index is 1.20. The highest BCUT2D eigenvalue weighted by Gasteiger charge is 2.23. The average Bonchev–Trinajstić information content (AvgIpc) is 3.28. The normalized spacial score (nSPS) is 14.2. The summed E-state index contributed by atoms with van der Waals surface area (Å²) in [7, 11) is 1.76. The number of fused-ring (bicyclic) bond motifs is 1. The summed E-state index contributed by atoms with van der Waals surface area (Å²) in [5.74, 6) is 0.339. The lowest BCUT2D eigenvalue weighted by Crippen LogP contribution is -2.43. The van der Waals surface area contributed by atoms with E-state index in [-0.39, 0.29) is 29.8 Å². The van der Waals surface area contributed by atoms with E-state index in [4.69, 9.17) is 20.3 Å². The molecule has 42 heavy (non-hydrogen) atoms. The lowest BCUT2D eigenvalue weighted by Gasteiger charge is -2.32. The molecule has 13 heteroatoms. The molecule has 1 saturated heterocycles. The molecule has 4 N–H and O–H groups in total. The summed E-state index contributed by atoms with van der Waals surface area (Å²) in [6.45, 7) is 5.78. The van der Waals surface area contributed by atoms with Gasteiger partial charge < -0.3 is 30.2 Å². The fourth-order valence-corrected chi connectivity index (χ4v) is 5.01. The first-order valence-corrected chi connectivity index (χ1v) is 14.5. The van der Waals surface area contributed by atoms with E-state index < -0.39 is 5.97 Å². The Kier molecular flexibility index (Phi) is 10.8. The molecule has 0 atom stereocenters. The SMILES string of the molecule is CCCCOc1nc(N)c2[nH]c(=O)n(CCC3CCN(CC(=O)N(C)CCOc4cccc(CC(=O)O)c4)CC3)c2n1. The Bertz CT molecular complexity index is 1410. The van der Waals surface area contributed by atoms with Gasteiger partial charge >= 0.3 is 17.7 Å². The van der Waals surface area contributed by atoms with E-state index in [0.29, 0.717) is 61.2 Å². The minimum absolute atomic E-state index is 0.0243. The predicted octanol–water partition coefficient (Wildman–Crippen LogP) is 2.15.